The second-order valence-electron chi connectivity index (χ2n) is 3.93. The highest BCUT2D eigenvalue weighted by atomic mass is 35.5. The van der Waals surface area contributed by atoms with E-state index in [2.05, 4.69) is 10.0 Å². The first-order valence-electron chi connectivity index (χ1n) is 5.54. The first-order valence-corrected chi connectivity index (χ1v) is 7.40. The third-order valence-corrected chi connectivity index (χ3v) is 4.52. The highest BCUT2D eigenvalue weighted by molar-refractivity contribution is 7.89. The lowest BCUT2D eigenvalue weighted by atomic mass is 10.2. The average Bonchev–Trinajstić information content (AvgIpc) is 2.36. The molecule has 1 aromatic carbocycles. The minimum Gasteiger partial charge on any atom is -0.358 e. The predicted octanol–water partition coefficient (Wildman–Crippen LogP) is 0.212. The van der Waals surface area contributed by atoms with Crippen LogP contribution in [0.2, 0.25) is 5.02 Å². The van der Waals surface area contributed by atoms with Gasteiger partial charge in [-0.25, -0.2) is 8.42 Å². The molecule has 0 saturated carbocycles. The minimum atomic E-state index is -3.85. The number of sulfonamides is 1. The van der Waals surface area contributed by atoms with Crippen LogP contribution in [0.3, 0.4) is 0 Å². The van der Waals surface area contributed by atoms with Gasteiger partial charge in [-0.3, -0.25) is 4.79 Å². The van der Waals surface area contributed by atoms with Gasteiger partial charge in [-0.2, -0.15) is 4.72 Å². The number of nitrogens with one attached hydrogen (secondary N) is 2. The first kappa shape index (κ1) is 15.9. The van der Waals surface area contributed by atoms with E-state index < -0.39 is 22.0 Å². The molecule has 0 heterocycles. The molecule has 0 aliphatic heterocycles. The molecule has 1 unspecified atom stereocenters. The van der Waals surface area contributed by atoms with Crippen LogP contribution < -0.4 is 15.8 Å². The summed E-state index contributed by atoms with van der Waals surface area (Å²) in [5.74, 6) is -0.432. The molecule has 1 atom stereocenters. The molecule has 0 spiro atoms. The summed E-state index contributed by atoms with van der Waals surface area (Å²) >= 11 is 5.91. The van der Waals surface area contributed by atoms with Gasteiger partial charge in [-0.05, 0) is 24.6 Å². The molecule has 1 rings (SSSR count). The van der Waals surface area contributed by atoms with Crippen LogP contribution in [0.4, 0.5) is 0 Å². The molecule has 6 nitrogen and oxygen atoms in total. The first-order chi connectivity index (χ1) is 8.81. The van der Waals surface area contributed by atoms with Crippen molar-refractivity contribution in [2.75, 3.05) is 7.05 Å². The third kappa shape index (κ3) is 3.90. The molecule has 106 valence electrons. The zero-order valence-electron chi connectivity index (χ0n) is 10.6. The number of hydrogen-bond acceptors (Lipinski definition) is 4. The van der Waals surface area contributed by atoms with Gasteiger partial charge in [0.05, 0.1) is 11.1 Å². The van der Waals surface area contributed by atoms with Crippen molar-refractivity contribution < 1.29 is 13.2 Å². The SMILES string of the molecule is CNC(=O)C(C)NS(=O)(=O)c1ccc(CN)cc1Cl. The molecule has 1 aromatic rings. The van der Waals surface area contributed by atoms with E-state index in [9.17, 15) is 13.2 Å². The fraction of sp³-hybridized carbons (Fsp3) is 0.364. The number of carbonyl (C=O) groups is 1. The topological polar surface area (TPSA) is 101 Å². The zero-order chi connectivity index (χ0) is 14.6. The lowest BCUT2D eigenvalue weighted by Crippen LogP contribution is -2.43. The molecular formula is C11H16ClN3O3S. The molecule has 0 radical (unpaired) electrons. The van der Waals surface area contributed by atoms with Crippen molar-refractivity contribution in [1.29, 1.82) is 0 Å². The van der Waals surface area contributed by atoms with Crippen molar-refractivity contribution in [1.82, 2.24) is 10.0 Å². The van der Waals surface area contributed by atoms with Crippen molar-refractivity contribution in [3.05, 3.63) is 28.8 Å². The summed E-state index contributed by atoms with van der Waals surface area (Å²) in [6, 6.07) is 3.54. The van der Waals surface area contributed by atoms with Gasteiger partial charge in [0, 0.05) is 13.6 Å². The summed E-state index contributed by atoms with van der Waals surface area (Å²) < 4.78 is 26.4. The van der Waals surface area contributed by atoms with E-state index in [0.717, 1.165) is 5.56 Å². The Bertz CT molecular complexity index is 575. The highest BCUT2D eigenvalue weighted by Crippen LogP contribution is 2.22. The summed E-state index contributed by atoms with van der Waals surface area (Å²) in [5.41, 5.74) is 6.16. The van der Waals surface area contributed by atoms with Crippen LogP contribution in [0.25, 0.3) is 0 Å². The number of carbonyl (C=O) groups excluding carboxylic acids is 1. The van der Waals surface area contributed by atoms with Crippen LogP contribution in [0.1, 0.15) is 12.5 Å². The number of likely N-dealkylation sites (N-methyl/N-ethyl adjacent to an activating group) is 1. The van der Waals surface area contributed by atoms with Crippen molar-refractivity contribution in [3.63, 3.8) is 0 Å². The van der Waals surface area contributed by atoms with Crippen LogP contribution in [-0.4, -0.2) is 27.4 Å². The van der Waals surface area contributed by atoms with Crippen LogP contribution in [0, 0.1) is 0 Å². The normalized spacial score (nSPS) is 13.1. The van der Waals surface area contributed by atoms with Gasteiger partial charge >= 0.3 is 0 Å². The number of benzene rings is 1. The van der Waals surface area contributed by atoms with Gasteiger partial charge in [0.25, 0.3) is 0 Å². The quantitative estimate of drug-likeness (QED) is 0.724. The lowest BCUT2D eigenvalue weighted by molar-refractivity contribution is -0.121. The Morgan fingerprint density at radius 2 is 2.11 bits per heavy atom. The third-order valence-electron chi connectivity index (χ3n) is 2.49. The highest BCUT2D eigenvalue weighted by Gasteiger charge is 2.23. The Labute approximate surface area is 117 Å². The van der Waals surface area contributed by atoms with E-state index in [1.807, 2.05) is 0 Å². The van der Waals surface area contributed by atoms with Gasteiger partial charge in [-0.15, -0.1) is 0 Å². The van der Waals surface area contributed by atoms with Gasteiger partial charge in [0.15, 0.2) is 0 Å². The summed E-state index contributed by atoms with van der Waals surface area (Å²) in [4.78, 5) is 11.2. The van der Waals surface area contributed by atoms with E-state index in [1.54, 1.807) is 6.07 Å². The summed E-state index contributed by atoms with van der Waals surface area (Å²) in [6.07, 6.45) is 0. The number of halogens is 1. The van der Waals surface area contributed by atoms with E-state index >= 15 is 0 Å². The molecule has 0 aromatic heterocycles. The number of nitrogens with two attached hydrogens (primary N) is 1. The maximum Gasteiger partial charge on any atom is 0.242 e. The second kappa shape index (κ2) is 6.33. The summed E-state index contributed by atoms with van der Waals surface area (Å²) in [7, 11) is -2.43. The van der Waals surface area contributed by atoms with Gasteiger partial charge in [-0.1, -0.05) is 17.7 Å². The summed E-state index contributed by atoms with van der Waals surface area (Å²) in [6.45, 7) is 1.71. The Morgan fingerprint density at radius 3 is 2.58 bits per heavy atom. The molecule has 0 aliphatic carbocycles. The predicted molar refractivity (Wildman–Crippen MR) is 73.2 cm³/mol. The Balaban J connectivity index is 3.04. The van der Waals surface area contributed by atoms with Crippen LogP contribution in [-0.2, 0) is 21.4 Å². The van der Waals surface area contributed by atoms with E-state index in [-0.39, 0.29) is 16.5 Å². The van der Waals surface area contributed by atoms with E-state index in [0.29, 0.717) is 0 Å². The smallest absolute Gasteiger partial charge is 0.242 e. The Kier molecular flexibility index (Phi) is 5.30. The fourth-order valence-corrected chi connectivity index (χ4v) is 3.23. The molecule has 4 N–H and O–H groups in total. The maximum absolute atomic E-state index is 12.1. The van der Waals surface area contributed by atoms with Crippen molar-refractivity contribution in [3.8, 4) is 0 Å². The minimum absolute atomic E-state index is 0.0690. The van der Waals surface area contributed by atoms with Crippen molar-refractivity contribution in [2.45, 2.75) is 24.4 Å². The van der Waals surface area contributed by atoms with Gasteiger partial charge < -0.3 is 11.1 Å². The Morgan fingerprint density at radius 1 is 1.47 bits per heavy atom. The maximum atomic E-state index is 12.1. The molecule has 0 aliphatic rings. The molecule has 1 amide bonds. The fourth-order valence-electron chi connectivity index (χ4n) is 1.46. The monoisotopic (exact) mass is 305 g/mol. The largest absolute Gasteiger partial charge is 0.358 e. The number of hydrogen-bond donors (Lipinski definition) is 3. The van der Waals surface area contributed by atoms with Crippen molar-refractivity contribution >= 4 is 27.5 Å². The van der Waals surface area contributed by atoms with Crippen molar-refractivity contribution in [2.24, 2.45) is 5.73 Å². The van der Waals surface area contributed by atoms with Crippen LogP contribution >= 0.6 is 11.6 Å². The molecular weight excluding hydrogens is 290 g/mol. The van der Waals surface area contributed by atoms with Gasteiger partial charge in [0.2, 0.25) is 15.9 Å². The zero-order valence-corrected chi connectivity index (χ0v) is 12.2. The lowest BCUT2D eigenvalue weighted by Gasteiger charge is -2.14. The van der Waals surface area contributed by atoms with Gasteiger partial charge in [0.1, 0.15) is 4.90 Å². The summed E-state index contributed by atoms with van der Waals surface area (Å²) in [5, 5.41) is 2.43. The molecule has 8 heteroatoms. The molecule has 0 fully saturated rings. The van der Waals surface area contributed by atoms with E-state index in [1.165, 1.54) is 26.1 Å². The molecule has 0 bridgehead atoms. The Hall–Kier alpha value is -1.15. The standard InChI is InChI=1S/C11H16ClN3O3S/c1-7(11(16)14-2)15-19(17,18)10-4-3-8(6-13)5-9(10)12/h3-5,7,15H,6,13H2,1-2H3,(H,14,16). The number of rotatable bonds is 5. The van der Waals surface area contributed by atoms with E-state index in [4.69, 9.17) is 17.3 Å². The molecule has 0 saturated heterocycles. The van der Waals surface area contributed by atoms with Crippen LogP contribution in [0.15, 0.2) is 23.1 Å². The number of amides is 1. The molecule has 19 heavy (non-hydrogen) atoms. The van der Waals surface area contributed by atoms with Crippen LogP contribution in [0.5, 0.6) is 0 Å². The average molecular weight is 306 g/mol. The second-order valence-corrected chi connectivity index (χ2v) is 6.02.